The van der Waals surface area contributed by atoms with Crippen LogP contribution in [0.1, 0.15) is 38.2 Å². The topological polar surface area (TPSA) is 38.3 Å². The lowest BCUT2D eigenvalue weighted by Crippen LogP contribution is -2.44. The summed E-state index contributed by atoms with van der Waals surface area (Å²) in [5.41, 5.74) is 1.14. The van der Waals surface area contributed by atoms with Crippen LogP contribution in [-0.2, 0) is 4.79 Å². The van der Waals surface area contributed by atoms with E-state index in [9.17, 15) is 4.79 Å². The van der Waals surface area contributed by atoms with E-state index in [0.717, 1.165) is 23.7 Å². The third kappa shape index (κ3) is 2.82. The van der Waals surface area contributed by atoms with E-state index in [-0.39, 0.29) is 5.91 Å². The van der Waals surface area contributed by atoms with Crippen LogP contribution in [0.4, 0.5) is 0 Å². The molecule has 3 nitrogen and oxygen atoms in total. The van der Waals surface area contributed by atoms with E-state index in [1.165, 1.54) is 19.3 Å². The third-order valence-electron chi connectivity index (χ3n) is 4.74. The van der Waals surface area contributed by atoms with Gasteiger partial charge in [-0.05, 0) is 62.6 Å². The van der Waals surface area contributed by atoms with E-state index in [1.54, 1.807) is 0 Å². The van der Waals surface area contributed by atoms with Gasteiger partial charge >= 0.3 is 0 Å². The number of aryl methyl sites for hydroxylation is 1. The molecule has 2 aliphatic carbocycles. The van der Waals surface area contributed by atoms with Crippen LogP contribution in [-0.4, -0.2) is 18.1 Å². The highest BCUT2D eigenvalue weighted by Crippen LogP contribution is 2.44. The summed E-state index contributed by atoms with van der Waals surface area (Å²) in [6.07, 6.45) is 4.66. The Morgan fingerprint density at radius 2 is 2.20 bits per heavy atom. The summed E-state index contributed by atoms with van der Waals surface area (Å²) in [6.45, 7) is 3.84. The van der Waals surface area contributed by atoms with Gasteiger partial charge in [0, 0.05) is 6.04 Å². The fourth-order valence-corrected chi connectivity index (χ4v) is 3.67. The second kappa shape index (κ2) is 5.47. The van der Waals surface area contributed by atoms with E-state index in [1.807, 2.05) is 38.1 Å². The molecule has 2 bridgehead atoms. The largest absolute Gasteiger partial charge is 0.481 e. The maximum atomic E-state index is 12.2. The second-order valence-corrected chi connectivity index (χ2v) is 6.37. The molecule has 0 saturated heterocycles. The molecule has 2 aliphatic rings. The zero-order chi connectivity index (χ0) is 14.1. The first kappa shape index (κ1) is 13.5. The third-order valence-corrected chi connectivity index (χ3v) is 4.74. The van der Waals surface area contributed by atoms with Crippen LogP contribution >= 0.6 is 0 Å². The molecule has 0 aliphatic heterocycles. The lowest BCUT2D eigenvalue weighted by Gasteiger charge is -2.24. The molecular weight excluding hydrogens is 250 g/mol. The summed E-state index contributed by atoms with van der Waals surface area (Å²) in [6, 6.07) is 8.21. The van der Waals surface area contributed by atoms with Gasteiger partial charge in [-0.15, -0.1) is 0 Å². The molecular formula is C17H23NO2. The Balaban J connectivity index is 1.54. The van der Waals surface area contributed by atoms with Gasteiger partial charge in [0.1, 0.15) is 5.75 Å². The molecule has 108 valence electrons. The number of benzene rings is 1. The van der Waals surface area contributed by atoms with Crippen molar-refractivity contribution in [1.82, 2.24) is 5.32 Å². The van der Waals surface area contributed by atoms with E-state index >= 15 is 0 Å². The number of hydrogen-bond donors (Lipinski definition) is 1. The summed E-state index contributed by atoms with van der Waals surface area (Å²) in [4.78, 5) is 12.2. The highest BCUT2D eigenvalue weighted by atomic mass is 16.5. The molecule has 0 radical (unpaired) electrons. The minimum Gasteiger partial charge on any atom is -0.481 e. The molecule has 0 spiro atoms. The van der Waals surface area contributed by atoms with Crippen LogP contribution in [0, 0.1) is 18.8 Å². The number of fused-ring (bicyclic) bond motifs is 2. The van der Waals surface area contributed by atoms with Gasteiger partial charge in [0.05, 0.1) is 0 Å². The summed E-state index contributed by atoms with van der Waals surface area (Å²) >= 11 is 0. The minimum absolute atomic E-state index is 0.0176. The predicted molar refractivity (Wildman–Crippen MR) is 78.6 cm³/mol. The summed E-state index contributed by atoms with van der Waals surface area (Å²) < 4.78 is 5.74. The number of rotatable bonds is 4. The normalized spacial score (nSPS) is 29.2. The van der Waals surface area contributed by atoms with E-state index in [4.69, 9.17) is 4.74 Å². The zero-order valence-corrected chi connectivity index (χ0v) is 12.3. The summed E-state index contributed by atoms with van der Waals surface area (Å²) in [5.74, 6) is 2.33. The number of nitrogens with one attached hydrogen (secondary N) is 1. The molecule has 0 aromatic heterocycles. The fourth-order valence-electron chi connectivity index (χ4n) is 3.67. The Bertz CT molecular complexity index is 500. The Labute approximate surface area is 120 Å². The van der Waals surface area contributed by atoms with Crippen molar-refractivity contribution in [3.63, 3.8) is 0 Å². The second-order valence-electron chi connectivity index (χ2n) is 6.37. The molecule has 3 heteroatoms. The lowest BCUT2D eigenvalue weighted by molar-refractivity contribution is -0.128. The monoisotopic (exact) mass is 273 g/mol. The maximum absolute atomic E-state index is 12.2. The quantitative estimate of drug-likeness (QED) is 0.915. The van der Waals surface area contributed by atoms with Crippen molar-refractivity contribution in [2.24, 2.45) is 11.8 Å². The van der Waals surface area contributed by atoms with Crippen molar-refractivity contribution in [2.75, 3.05) is 0 Å². The van der Waals surface area contributed by atoms with Crippen molar-refractivity contribution in [1.29, 1.82) is 0 Å². The van der Waals surface area contributed by atoms with Crippen molar-refractivity contribution in [3.8, 4) is 5.75 Å². The first-order chi connectivity index (χ1) is 9.61. The first-order valence-electron chi connectivity index (χ1n) is 7.65. The molecule has 20 heavy (non-hydrogen) atoms. The lowest BCUT2D eigenvalue weighted by atomic mass is 9.95. The van der Waals surface area contributed by atoms with Crippen LogP contribution in [0.2, 0.25) is 0 Å². The van der Waals surface area contributed by atoms with Crippen LogP contribution < -0.4 is 10.1 Å². The number of carbonyl (C=O) groups excluding carboxylic acids is 1. The average molecular weight is 273 g/mol. The molecule has 2 saturated carbocycles. The van der Waals surface area contributed by atoms with Gasteiger partial charge in [0.2, 0.25) is 0 Å². The molecule has 4 atom stereocenters. The van der Waals surface area contributed by atoms with Crippen molar-refractivity contribution in [3.05, 3.63) is 29.8 Å². The number of amides is 1. The van der Waals surface area contributed by atoms with Gasteiger partial charge in [0.15, 0.2) is 6.10 Å². The Kier molecular flexibility index (Phi) is 3.68. The van der Waals surface area contributed by atoms with Crippen LogP contribution in [0.3, 0.4) is 0 Å². The van der Waals surface area contributed by atoms with Gasteiger partial charge in [-0.1, -0.05) is 18.6 Å². The van der Waals surface area contributed by atoms with Gasteiger partial charge in [-0.3, -0.25) is 4.79 Å². The number of carbonyl (C=O) groups is 1. The Morgan fingerprint density at radius 3 is 2.85 bits per heavy atom. The first-order valence-corrected chi connectivity index (χ1v) is 7.65. The molecule has 3 rings (SSSR count). The summed E-state index contributed by atoms with van der Waals surface area (Å²) in [7, 11) is 0. The SMILES string of the molecule is Cc1cccc(O[C@H](C)C(=O)N[C@H]2C[C@@H]3CC[C@@H]2C3)c1. The van der Waals surface area contributed by atoms with Crippen LogP contribution in [0.15, 0.2) is 24.3 Å². The fraction of sp³-hybridized carbons (Fsp3) is 0.588. The molecule has 2 fully saturated rings. The minimum atomic E-state index is -0.434. The van der Waals surface area contributed by atoms with Gasteiger partial charge in [-0.2, -0.15) is 0 Å². The Hall–Kier alpha value is -1.51. The maximum Gasteiger partial charge on any atom is 0.261 e. The van der Waals surface area contributed by atoms with Crippen molar-refractivity contribution in [2.45, 2.75) is 51.7 Å². The smallest absolute Gasteiger partial charge is 0.261 e. The molecule has 1 amide bonds. The zero-order valence-electron chi connectivity index (χ0n) is 12.3. The van der Waals surface area contributed by atoms with Gasteiger partial charge < -0.3 is 10.1 Å². The van der Waals surface area contributed by atoms with Gasteiger partial charge in [0.25, 0.3) is 5.91 Å². The highest BCUT2D eigenvalue weighted by Gasteiger charge is 2.40. The summed E-state index contributed by atoms with van der Waals surface area (Å²) in [5, 5.41) is 3.18. The molecule has 0 heterocycles. The molecule has 1 aromatic rings. The van der Waals surface area contributed by atoms with E-state index in [2.05, 4.69) is 5.32 Å². The Morgan fingerprint density at radius 1 is 1.35 bits per heavy atom. The number of ether oxygens (including phenoxy) is 1. The van der Waals surface area contributed by atoms with Crippen LogP contribution in [0.5, 0.6) is 5.75 Å². The number of hydrogen-bond acceptors (Lipinski definition) is 2. The van der Waals surface area contributed by atoms with Crippen molar-refractivity contribution >= 4 is 5.91 Å². The molecule has 1 aromatic carbocycles. The average Bonchev–Trinajstić information content (AvgIpc) is 3.01. The predicted octanol–water partition coefficient (Wildman–Crippen LogP) is 3.07. The highest BCUT2D eigenvalue weighted by molar-refractivity contribution is 5.81. The standard InChI is InChI=1S/C17H23NO2/c1-11-4-3-5-15(8-11)20-12(2)17(19)18-16-10-13-6-7-14(16)9-13/h3-5,8,12-14,16H,6-7,9-10H2,1-2H3,(H,18,19)/t12-,13-,14-,16+/m1/s1. The van der Waals surface area contributed by atoms with Crippen molar-refractivity contribution < 1.29 is 9.53 Å². The molecule has 1 N–H and O–H groups in total. The van der Waals surface area contributed by atoms with E-state index in [0.29, 0.717) is 12.0 Å². The van der Waals surface area contributed by atoms with Gasteiger partial charge in [-0.25, -0.2) is 0 Å². The van der Waals surface area contributed by atoms with E-state index < -0.39 is 6.10 Å². The van der Waals surface area contributed by atoms with Crippen LogP contribution in [0.25, 0.3) is 0 Å². The molecule has 0 unspecified atom stereocenters.